The molecule has 0 saturated carbocycles. The van der Waals surface area contributed by atoms with Gasteiger partial charge in [0.05, 0.1) is 5.69 Å². The smallest absolute Gasteiger partial charge is 0.111 e. The van der Waals surface area contributed by atoms with E-state index in [1.54, 1.807) is 6.20 Å². The lowest BCUT2D eigenvalue weighted by Gasteiger charge is -2.11. The number of nitrogens with zero attached hydrogens (tertiary/aromatic N) is 5. The Morgan fingerprint density at radius 2 is 2.22 bits per heavy atom. The molecule has 2 rings (SSSR count). The van der Waals surface area contributed by atoms with Crippen LogP contribution in [0.15, 0.2) is 12.3 Å². The van der Waals surface area contributed by atoms with Gasteiger partial charge in [-0.3, -0.25) is 4.68 Å². The summed E-state index contributed by atoms with van der Waals surface area (Å²) in [5.41, 5.74) is 8.55. The van der Waals surface area contributed by atoms with Gasteiger partial charge in [-0.05, 0) is 12.0 Å². The van der Waals surface area contributed by atoms with E-state index in [4.69, 9.17) is 5.73 Å². The minimum absolute atomic E-state index is 0.390. The van der Waals surface area contributed by atoms with Gasteiger partial charge in [0.2, 0.25) is 0 Å². The highest BCUT2D eigenvalue weighted by atomic mass is 15.4. The summed E-state index contributed by atoms with van der Waals surface area (Å²) in [6, 6.07) is 1.96. The summed E-state index contributed by atoms with van der Waals surface area (Å²) in [5, 5.41) is 12.6. The molecule has 0 fully saturated rings. The zero-order valence-corrected chi connectivity index (χ0v) is 11.2. The van der Waals surface area contributed by atoms with Crippen molar-refractivity contribution in [3.8, 4) is 11.4 Å². The number of hydrogen-bond acceptors (Lipinski definition) is 4. The van der Waals surface area contributed by atoms with Crippen LogP contribution in [0.4, 0.5) is 0 Å². The summed E-state index contributed by atoms with van der Waals surface area (Å²) >= 11 is 0. The molecule has 0 spiro atoms. The average molecular weight is 248 g/mol. The highest BCUT2D eigenvalue weighted by molar-refractivity contribution is 5.57. The fraction of sp³-hybridized carbons (Fsp3) is 0.583. The van der Waals surface area contributed by atoms with Gasteiger partial charge in [-0.15, -0.1) is 5.10 Å². The first-order valence-corrected chi connectivity index (χ1v) is 6.28. The van der Waals surface area contributed by atoms with Crippen LogP contribution in [0.5, 0.6) is 0 Å². The van der Waals surface area contributed by atoms with Crippen LogP contribution in [-0.2, 0) is 20.1 Å². The second-order valence-corrected chi connectivity index (χ2v) is 4.62. The molecule has 6 heteroatoms. The average Bonchev–Trinajstić information content (AvgIpc) is 2.94. The van der Waals surface area contributed by atoms with Crippen molar-refractivity contribution in [2.75, 3.05) is 0 Å². The molecule has 98 valence electrons. The number of aryl methyl sites for hydroxylation is 1. The Bertz CT molecular complexity index is 512. The maximum atomic E-state index is 5.74. The summed E-state index contributed by atoms with van der Waals surface area (Å²) in [6.07, 6.45) is 2.89. The lowest BCUT2D eigenvalue weighted by molar-refractivity contribution is 0.433. The first kappa shape index (κ1) is 12.8. The molecule has 2 aromatic rings. The molecule has 0 radical (unpaired) electrons. The first-order chi connectivity index (χ1) is 8.67. The molecular weight excluding hydrogens is 228 g/mol. The Labute approximate surface area is 107 Å². The second kappa shape index (κ2) is 5.30. The molecule has 6 nitrogen and oxygen atoms in total. The van der Waals surface area contributed by atoms with Gasteiger partial charge >= 0.3 is 0 Å². The Balaban J connectivity index is 2.43. The second-order valence-electron chi connectivity index (χ2n) is 4.62. The molecule has 0 bridgehead atoms. The van der Waals surface area contributed by atoms with Gasteiger partial charge in [0, 0.05) is 26.3 Å². The van der Waals surface area contributed by atoms with E-state index in [0.29, 0.717) is 12.5 Å². The topological polar surface area (TPSA) is 74.6 Å². The van der Waals surface area contributed by atoms with E-state index < -0.39 is 0 Å². The van der Waals surface area contributed by atoms with E-state index in [0.717, 1.165) is 30.0 Å². The first-order valence-electron chi connectivity index (χ1n) is 6.28. The van der Waals surface area contributed by atoms with Crippen molar-refractivity contribution < 1.29 is 0 Å². The Kier molecular flexibility index (Phi) is 3.76. The van der Waals surface area contributed by atoms with Crippen LogP contribution in [0, 0.1) is 5.92 Å². The molecule has 0 aromatic carbocycles. The summed E-state index contributed by atoms with van der Waals surface area (Å²) in [4.78, 5) is 0. The maximum absolute atomic E-state index is 5.74. The van der Waals surface area contributed by atoms with E-state index >= 15 is 0 Å². The summed E-state index contributed by atoms with van der Waals surface area (Å²) in [7, 11) is 1.91. The zero-order valence-electron chi connectivity index (χ0n) is 11.2. The number of aromatic nitrogens is 5. The molecule has 0 aliphatic heterocycles. The van der Waals surface area contributed by atoms with E-state index in [1.807, 2.05) is 22.5 Å². The highest BCUT2D eigenvalue weighted by Crippen LogP contribution is 2.22. The van der Waals surface area contributed by atoms with E-state index in [-0.39, 0.29) is 0 Å². The van der Waals surface area contributed by atoms with Crippen molar-refractivity contribution in [2.24, 2.45) is 18.7 Å². The van der Waals surface area contributed by atoms with Crippen molar-refractivity contribution >= 4 is 0 Å². The Hall–Kier alpha value is -1.69. The molecule has 18 heavy (non-hydrogen) atoms. The predicted octanol–water partition coefficient (Wildman–Crippen LogP) is 1.18. The third-order valence-electron chi connectivity index (χ3n) is 3.24. The van der Waals surface area contributed by atoms with E-state index in [1.165, 1.54) is 0 Å². The van der Waals surface area contributed by atoms with Crippen LogP contribution in [0.3, 0.4) is 0 Å². The van der Waals surface area contributed by atoms with Crippen LogP contribution in [0.1, 0.15) is 26.0 Å². The molecule has 0 saturated heterocycles. The van der Waals surface area contributed by atoms with Gasteiger partial charge in [-0.2, -0.15) is 5.10 Å². The van der Waals surface area contributed by atoms with Crippen LogP contribution in [0.2, 0.25) is 0 Å². The molecule has 2 heterocycles. The van der Waals surface area contributed by atoms with Gasteiger partial charge < -0.3 is 5.73 Å². The molecule has 1 atom stereocenters. The van der Waals surface area contributed by atoms with Crippen molar-refractivity contribution in [1.29, 1.82) is 0 Å². The quantitative estimate of drug-likeness (QED) is 0.862. The Morgan fingerprint density at radius 1 is 1.44 bits per heavy atom. The number of rotatable bonds is 5. The van der Waals surface area contributed by atoms with Crippen molar-refractivity contribution in [3.63, 3.8) is 0 Å². The zero-order chi connectivity index (χ0) is 13.1. The molecule has 0 aliphatic rings. The summed E-state index contributed by atoms with van der Waals surface area (Å²) in [6.45, 7) is 5.62. The predicted molar refractivity (Wildman–Crippen MR) is 69.6 cm³/mol. The van der Waals surface area contributed by atoms with Gasteiger partial charge in [0.25, 0.3) is 0 Å². The van der Waals surface area contributed by atoms with E-state index in [9.17, 15) is 0 Å². The molecule has 0 aliphatic carbocycles. The minimum atomic E-state index is 0.390. The third-order valence-corrected chi connectivity index (χ3v) is 3.24. The van der Waals surface area contributed by atoms with Crippen molar-refractivity contribution in [2.45, 2.75) is 33.4 Å². The van der Waals surface area contributed by atoms with Crippen LogP contribution in [0.25, 0.3) is 11.4 Å². The lowest BCUT2D eigenvalue weighted by atomic mass is 10.1. The fourth-order valence-corrected chi connectivity index (χ4v) is 1.92. The number of nitrogens with two attached hydrogens (primary N) is 1. The van der Waals surface area contributed by atoms with Crippen molar-refractivity contribution in [1.82, 2.24) is 24.8 Å². The highest BCUT2D eigenvalue weighted by Gasteiger charge is 2.17. The Morgan fingerprint density at radius 3 is 2.78 bits per heavy atom. The minimum Gasteiger partial charge on any atom is -0.325 e. The monoisotopic (exact) mass is 248 g/mol. The standard InChI is InChI=1S/C12H20N6/c1-4-9(2)8-18-12(10(7-13)15-16-18)11-5-6-14-17(11)3/h5-6,9H,4,7-8,13H2,1-3H3. The van der Waals surface area contributed by atoms with Gasteiger partial charge in [0.15, 0.2) is 0 Å². The van der Waals surface area contributed by atoms with Gasteiger partial charge in [0.1, 0.15) is 11.4 Å². The SMILES string of the molecule is CCC(C)Cn1nnc(CN)c1-c1ccnn1C. The third kappa shape index (κ3) is 2.28. The molecular formula is C12H20N6. The maximum Gasteiger partial charge on any atom is 0.111 e. The fourth-order valence-electron chi connectivity index (χ4n) is 1.92. The van der Waals surface area contributed by atoms with Crippen LogP contribution >= 0.6 is 0 Å². The van der Waals surface area contributed by atoms with E-state index in [2.05, 4.69) is 29.3 Å². The molecule has 2 aromatic heterocycles. The normalized spacial score (nSPS) is 12.9. The van der Waals surface area contributed by atoms with Crippen molar-refractivity contribution in [3.05, 3.63) is 18.0 Å². The molecule has 0 amide bonds. The van der Waals surface area contributed by atoms with Gasteiger partial charge in [-0.1, -0.05) is 25.5 Å². The number of hydrogen-bond donors (Lipinski definition) is 1. The largest absolute Gasteiger partial charge is 0.325 e. The summed E-state index contributed by atoms with van der Waals surface area (Å²) in [5.74, 6) is 0.560. The van der Waals surface area contributed by atoms with Gasteiger partial charge in [-0.25, -0.2) is 4.68 Å². The molecule has 1 unspecified atom stereocenters. The molecule has 2 N–H and O–H groups in total. The van der Waals surface area contributed by atoms with Crippen LogP contribution < -0.4 is 5.73 Å². The summed E-state index contributed by atoms with van der Waals surface area (Å²) < 4.78 is 3.76. The van der Waals surface area contributed by atoms with Crippen LogP contribution in [-0.4, -0.2) is 24.8 Å². The lowest BCUT2D eigenvalue weighted by Crippen LogP contribution is -2.12.